The number of aliphatic hydroxyl groups excluding tert-OH is 1. The van der Waals surface area contributed by atoms with Gasteiger partial charge in [0.15, 0.2) is 5.16 Å². The Morgan fingerprint density at radius 2 is 2.33 bits per heavy atom. The van der Waals surface area contributed by atoms with Gasteiger partial charge in [-0.1, -0.05) is 11.8 Å². The van der Waals surface area contributed by atoms with Crippen molar-refractivity contribution in [3.05, 3.63) is 18.2 Å². The minimum Gasteiger partial charge on any atom is -0.481 e. The third kappa shape index (κ3) is 3.14. The Morgan fingerprint density at radius 3 is 3.06 bits per heavy atom. The number of nitrogens with two attached hydrogens (primary N) is 1. The zero-order valence-corrected chi connectivity index (χ0v) is 10.3. The molecule has 6 nitrogen and oxygen atoms in total. The predicted octanol–water partition coefficient (Wildman–Crippen LogP) is 1.07. The van der Waals surface area contributed by atoms with Gasteiger partial charge in [-0.25, -0.2) is 4.98 Å². The Balaban J connectivity index is 2.01. The minimum absolute atomic E-state index is 0.264. The minimum atomic E-state index is -1.01. The standard InChI is InChI=1S/C11H13N3O3S/c12-6-1-2-8-9(3-6)14-11(13-8)18-5-7(15)4-10(16)17/h1-3,7,15H,4-5,12H2,(H,13,14)(H,16,17). The van der Waals surface area contributed by atoms with E-state index < -0.39 is 12.1 Å². The molecule has 0 bridgehead atoms. The van der Waals surface area contributed by atoms with Crippen molar-refractivity contribution in [3.63, 3.8) is 0 Å². The molecule has 0 saturated heterocycles. The number of carbonyl (C=O) groups is 1. The van der Waals surface area contributed by atoms with Gasteiger partial charge in [0.05, 0.1) is 23.6 Å². The van der Waals surface area contributed by atoms with Crippen molar-refractivity contribution < 1.29 is 15.0 Å². The van der Waals surface area contributed by atoms with Crippen LogP contribution in [0.15, 0.2) is 23.4 Å². The van der Waals surface area contributed by atoms with E-state index in [9.17, 15) is 9.90 Å². The zero-order chi connectivity index (χ0) is 13.1. The number of carboxylic acids is 1. The lowest BCUT2D eigenvalue weighted by molar-refractivity contribution is -0.138. The number of carboxylic acid groups (broad SMARTS) is 1. The van der Waals surface area contributed by atoms with Crippen molar-refractivity contribution in [2.45, 2.75) is 17.7 Å². The quantitative estimate of drug-likeness (QED) is 0.476. The van der Waals surface area contributed by atoms with Gasteiger partial charge in [-0.05, 0) is 18.2 Å². The number of benzene rings is 1. The van der Waals surface area contributed by atoms with E-state index in [2.05, 4.69) is 9.97 Å². The molecule has 0 aliphatic carbocycles. The second-order valence-corrected chi connectivity index (χ2v) is 4.89. The van der Waals surface area contributed by atoms with Crippen molar-refractivity contribution in [2.24, 2.45) is 0 Å². The summed E-state index contributed by atoms with van der Waals surface area (Å²) in [5.41, 5.74) is 7.91. The molecule has 1 aromatic carbocycles. The number of nitrogen functional groups attached to an aromatic ring is 1. The Hall–Kier alpha value is -1.73. The number of aromatic amines is 1. The molecule has 1 heterocycles. The first kappa shape index (κ1) is 12.7. The van der Waals surface area contributed by atoms with Gasteiger partial charge in [0.25, 0.3) is 0 Å². The highest BCUT2D eigenvalue weighted by Gasteiger charge is 2.11. The van der Waals surface area contributed by atoms with Crippen molar-refractivity contribution in [3.8, 4) is 0 Å². The summed E-state index contributed by atoms with van der Waals surface area (Å²) in [4.78, 5) is 17.7. The summed E-state index contributed by atoms with van der Waals surface area (Å²) in [6.07, 6.45) is -1.15. The van der Waals surface area contributed by atoms with Gasteiger partial charge in [-0.3, -0.25) is 4.79 Å². The fraction of sp³-hybridized carbons (Fsp3) is 0.273. The third-order valence-electron chi connectivity index (χ3n) is 2.31. The molecule has 96 valence electrons. The number of fused-ring (bicyclic) bond motifs is 1. The van der Waals surface area contributed by atoms with Crippen molar-refractivity contribution in [1.82, 2.24) is 9.97 Å². The van der Waals surface area contributed by atoms with E-state index in [1.165, 1.54) is 11.8 Å². The van der Waals surface area contributed by atoms with Crippen LogP contribution in [-0.2, 0) is 4.79 Å². The van der Waals surface area contributed by atoms with Crippen LogP contribution >= 0.6 is 11.8 Å². The summed E-state index contributed by atoms with van der Waals surface area (Å²) < 4.78 is 0. The molecule has 0 spiro atoms. The van der Waals surface area contributed by atoms with Crippen LogP contribution in [0.2, 0.25) is 0 Å². The maximum absolute atomic E-state index is 10.4. The second kappa shape index (κ2) is 5.28. The number of aliphatic carboxylic acids is 1. The summed E-state index contributed by atoms with van der Waals surface area (Å²) in [5, 5.41) is 18.6. The number of nitrogens with zero attached hydrogens (tertiary/aromatic N) is 1. The molecule has 0 aliphatic heterocycles. The Labute approximate surface area is 107 Å². The molecule has 0 amide bonds. The molecule has 5 N–H and O–H groups in total. The fourth-order valence-electron chi connectivity index (χ4n) is 1.51. The average molecular weight is 267 g/mol. The maximum Gasteiger partial charge on any atom is 0.306 e. The van der Waals surface area contributed by atoms with E-state index in [1.54, 1.807) is 18.2 Å². The molecule has 2 rings (SSSR count). The van der Waals surface area contributed by atoms with E-state index >= 15 is 0 Å². The summed E-state index contributed by atoms with van der Waals surface area (Å²) in [6.45, 7) is 0. The van der Waals surface area contributed by atoms with E-state index in [0.717, 1.165) is 11.0 Å². The first-order chi connectivity index (χ1) is 8.54. The van der Waals surface area contributed by atoms with Gasteiger partial charge in [0.1, 0.15) is 0 Å². The SMILES string of the molecule is Nc1ccc2nc(SCC(O)CC(=O)O)[nH]c2c1. The first-order valence-corrected chi connectivity index (χ1v) is 6.31. The van der Waals surface area contributed by atoms with Crippen LogP contribution in [0.3, 0.4) is 0 Å². The number of aliphatic hydroxyl groups is 1. The van der Waals surface area contributed by atoms with Crippen LogP contribution in [0.5, 0.6) is 0 Å². The summed E-state index contributed by atoms with van der Waals surface area (Å²) >= 11 is 1.28. The molecular weight excluding hydrogens is 254 g/mol. The number of aromatic nitrogens is 2. The highest BCUT2D eigenvalue weighted by molar-refractivity contribution is 7.99. The molecule has 0 radical (unpaired) electrons. The molecule has 7 heteroatoms. The Kier molecular flexibility index (Phi) is 3.73. The van der Waals surface area contributed by atoms with Gasteiger partial charge in [0, 0.05) is 11.4 Å². The van der Waals surface area contributed by atoms with Crippen LogP contribution < -0.4 is 5.73 Å². The average Bonchev–Trinajstić information content (AvgIpc) is 2.67. The lowest BCUT2D eigenvalue weighted by Crippen LogP contribution is -2.15. The van der Waals surface area contributed by atoms with Crippen LogP contribution in [0.1, 0.15) is 6.42 Å². The van der Waals surface area contributed by atoms with E-state index in [-0.39, 0.29) is 12.2 Å². The van der Waals surface area contributed by atoms with Crippen LogP contribution in [0.25, 0.3) is 11.0 Å². The number of imidazole rings is 1. The highest BCUT2D eigenvalue weighted by atomic mass is 32.2. The Morgan fingerprint density at radius 1 is 1.56 bits per heavy atom. The number of H-pyrrole nitrogens is 1. The lowest BCUT2D eigenvalue weighted by Gasteiger charge is -2.04. The summed E-state index contributed by atoms with van der Waals surface area (Å²) in [5.74, 6) is -0.734. The number of hydrogen-bond acceptors (Lipinski definition) is 5. The van der Waals surface area contributed by atoms with Gasteiger partial charge in [0.2, 0.25) is 0 Å². The molecular formula is C11H13N3O3S. The molecule has 1 unspecified atom stereocenters. The van der Waals surface area contributed by atoms with Gasteiger partial charge in [-0.15, -0.1) is 0 Å². The van der Waals surface area contributed by atoms with Gasteiger partial charge >= 0.3 is 5.97 Å². The van der Waals surface area contributed by atoms with E-state index in [0.29, 0.717) is 10.8 Å². The maximum atomic E-state index is 10.4. The number of hydrogen-bond donors (Lipinski definition) is 4. The van der Waals surface area contributed by atoms with E-state index in [4.69, 9.17) is 10.8 Å². The largest absolute Gasteiger partial charge is 0.481 e. The van der Waals surface area contributed by atoms with E-state index in [1.807, 2.05) is 0 Å². The number of thioether (sulfide) groups is 1. The van der Waals surface area contributed by atoms with Crippen molar-refractivity contribution in [1.29, 1.82) is 0 Å². The Bertz CT molecular complexity index is 570. The van der Waals surface area contributed by atoms with Crippen LogP contribution in [-0.4, -0.2) is 38.0 Å². The van der Waals surface area contributed by atoms with Crippen LogP contribution in [0, 0.1) is 0 Å². The van der Waals surface area contributed by atoms with Crippen molar-refractivity contribution in [2.75, 3.05) is 11.5 Å². The van der Waals surface area contributed by atoms with Gasteiger partial charge in [-0.2, -0.15) is 0 Å². The smallest absolute Gasteiger partial charge is 0.306 e. The van der Waals surface area contributed by atoms with Gasteiger partial charge < -0.3 is 20.9 Å². The molecule has 0 fully saturated rings. The lowest BCUT2D eigenvalue weighted by atomic mass is 10.3. The normalized spacial score (nSPS) is 12.7. The number of anilines is 1. The first-order valence-electron chi connectivity index (χ1n) is 5.32. The fourth-order valence-corrected chi connectivity index (χ4v) is 2.32. The molecule has 1 aromatic heterocycles. The zero-order valence-electron chi connectivity index (χ0n) is 9.46. The molecule has 2 aromatic rings. The van der Waals surface area contributed by atoms with Crippen molar-refractivity contribution >= 4 is 34.5 Å². The molecule has 1 atom stereocenters. The second-order valence-electron chi connectivity index (χ2n) is 3.88. The highest BCUT2D eigenvalue weighted by Crippen LogP contribution is 2.22. The number of rotatable bonds is 5. The third-order valence-corrected chi connectivity index (χ3v) is 3.33. The molecule has 0 saturated carbocycles. The molecule has 0 aliphatic rings. The summed E-state index contributed by atoms with van der Waals surface area (Å²) in [6, 6.07) is 5.34. The van der Waals surface area contributed by atoms with Crippen LogP contribution in [0.4, 0.5) is 5.69 Å². The monoisotopic (exact) mass is 267 g/mol. The summed E-state index contributed by atoms with van der Waals surface area (Å²) in [7, 11) is 0. The topological polar surface area (TPSA) is 112 Å². The number of nitrogens with one attached hydrogen (secondary N) is 1. The molecule has 18 heavy (non-hydrogen) atoms. The predicted molar refractivity (Wildman–Crippen MR) is 69.5 cm³/mol.